The van der Waals surface area contributed by atoms with Crippen LogP contribution in [-0.4, -0.2) is 61.8 Å². The summed E-state index contributed by atoms with van der Waals surface area (Å²) in [5, 5.41) is 10.7. The molecule has 190 valence electrons. The van der Waals surface area contributed by atoms with Crippen LogP contribution in [0.1, 0.15) is 32.1 Å². The molecule has 0 radical (unpaired) electrons. The van der Waals surface area contributed by atoms with Crippen LogP contribution in [0.25, 0.3) is 11.2 Å². The third kappa shape index (κ3) is 5.86. The van der Waals surface area contributed by atoms with Crippen LogP contribution in [0.3, 0.4) is 0 Å². The van der Waals surface area contributed by atoms with Gasteiger partial charge in [-0.05, 0) is 17.2 Å². The van der Waals surface area contributed by atoms with E-state index in [0.29, 0.717) is 17.6 Å². The Bertz CT molecular complexity index is 1280. The number of hydrogen-bond acceptors (Lipinski definition) is 11. The summed E-state index contributed by atoms with van der Waals surface area (Å²) in [5.41, 5.74) is 1.55. The molecule has 1 fully saturated rings. The number of nitro groups is 1. The molecular weight excluding hydrogens is 498 g/mol. The maximum atomic E-state index is 11.5. The van der Waals surface area contributed by atoms with Crippen molar-refractivity contribution in [3.05, 3.63) is 51.6 Å². The Morgan fingerprint density at radius 1 is 1.22 bits per heavy atom. The fraction of sp³-hybridized carbons (Fsp3) is 0.409. The number of carbonyl (C=O) groups excluding carboxylic acids is 2. The monoisotopic (exact) mass is 519 g/mol. The van der Waals surface area contributed by atoms with E-state index in [1.807, 2.05) is 0 Å². The molecule has 0 unspecified atom stereocenters. The first-order valence-corrected chi connectivity index (χ1v) is 11.3. The molecule has 1 aliphatic rings. The summed E-state index contributed by atoms with van der Waals surface area (Å²) in [4.78, 5) is 45.9. The van der Waals surface area contributed by atoms with Crippen LogP contribution in [0.5, 0.6) is 5.88 Å². The number of nitrogens with zero attached hydrogens (tertiary/aromatic N) is 5. The number of nitro benzene ring substituents is 1. The highest BCUT2D eigenvalue weighted by molar-refractivity contribution is 6.28. The summed E-state index contributed by atoms with van der Waals surface area (Å²) >= 11 is 6.14. The van der Waals surface area contributed by atoms with Crippen molar-refractivity contribution in [2.45, 2.75) is 45.1 Å². The Balaban J connectivity index is 1.49. The van der Waals surface area contributed by atoms with Gasteiger partial charge >= 0.3 is 11.9 Å². The van der Waals surface area contributed by atoms with Crippen molar-refractivity contribution in [3.8, 4) is 5.88 Å². The molecule has 14 heteroatoms. The minimum absolute atomic E-state index is 0.00895. The molecule has 2 aromatic heterocycles. The first-order valence-electron chi connectivity index (χ1n) is 10.9. The van der Waals surface area contributed by atoms with Gasteiger partial charge in [-0.1, -0.05) is 12.1 Å². The minimum Gasteiger partial charge on any atom is -0.476 e. The lowest BCUT2D eigenvalue weighted by Crippen LogP contribution is -2.31. The topological polar surface area (TPSA) is 158 Å². The molecule has 4 rings (SSSR count). The Hall–Kier alpha value is -3.84. The van der Waals surface area contributed by atoms with E-state index < -0.39 is 35.3 Å². The van der Waals surface area contributed by atoms with E-state index in [1.54, 1.807) is 16.7 Å². The summed E-state index contributed by atoms with van der Waals surface area (Å²) in [6.45, 7) is 2.70. The first-order chi connectivity index (χ1) is 17.2. The van der Waals surface area contributed by atoms with Crippen LogP contribution in [0, 0.1) is 10.1 Å². The zero-order valence-corrected chi connectivity index (χ0v) is 20.1. The molecule has 0 aliphatic carbocycles. The zero-order valence-electron chi connectivity index (χ0n) is 19.3. The highest BCUT2D eigenvalue weighted by atomic mass is 35.5. The maximum Gasteiger partial charge on any atom is 0.303 e. The van der Waals surface area contributed by atoms with Gasteiger partial charge in [-0.3, -0.25) is 24.3 Å². The van der Waals surface area contributed by atoms with E-state index in [4.69, 9.17) is 30.5 Å². The summed E-state index contributed by atoms with van der Waals surface area (Å²) in [6, 6.07) is 6.16. The predicted molar refractivity (Wildman–Crippen MR) is 123 cm³/mol. The van der Waals surface area contributed by atoms with Gasteiger partial charge in [0.2, 0.25) is 11.2 Å². The number of fused-ring (bicyclic) bond motifs is 1. The van der Waals surface area contributed by atoms with Crippen LogP contribution in [0.2, 0.25) is 5.28 Å². The standard InChI is InChI=1S/C22H22ClN5O8/c1-12(29)34-10-17-16(35-13(2)30)9-18(36-17)27-11-24-19-20(27)25-22(23)26-21(19)33-8-7-14-3-5-15(6-4-14)28(31)32/h3-6,11,16-18H,7-10H2,1-2H3/t16-,17+,18+/m0/s1. The average Bonchev–Trinajstić information content (AvgIpc) is 3.41. The van der Waals surface area contributed by atoms with Gasteiger partial charge in [0, 0.05) is 38.8 Å². The van der Waals surface area contributed by atoms with Gasteiger partial charge in [0.25, 0.3) is 5.69 Å². The van der Waals surface area contributed by atoms with Gasteiger partial charge < -0.3 is 18.9 Å². The van der Waals surface area contributed by atoms with Crippen molar-refractivity contribution >= 4 is 40.4 Å². The quantitative estimate of drug-likeness (QED) is 0.177. The van der Waals surface area contributed by atoms with Crippen LogP contribution >= 0.6 is 11.6 Å². The highest BCUT2D eigenvalue weighted by Crippen LogP contribution is 2.34. The third-order valence-electron chi connectivity index (χ3n) is 5.40. The predicted octanol–water partition coefficient (Wildman–Crippen LogP) is 2.79. The number of halogens is 1. The van der Waals surface area contributed by atoms with Crippen molar-refractivity contribution in [3.63, 3.8) is 0 Å². The maximum absolute atomic E-state index is 11.5. The zero-order chi connectivity index (χ0) is 25.8. The number of non-ortho nitro benzene ring substituents is 1. The van der Waals surface area contributed by atoms with Crippen LogP contribution in [-0.2, 0) is 30.2 Å². The minimum atomic E-state index is -0.671. The second kappa shape index (κ2) is 10.8. The molecular formula is C22H22ClN5O8. The Morgan fingerprint density at radius 2 is 1.97 bits per heavy atom. The molecule has 0 saturated carbocycles. The largest absolute Gasteiger partial charge is 0.476 e. The third-order valence-corrected chi connectivity index (χ3v) is 5.57. The lowest BCUT2D eigenvalue weighted by Gasteiger charge is -2.17. The number of rotatable bonds is 9. The molecule has 0 bridgehead atoms. The molecule has 3 heterocycles. The number of imidazole rings is 1. The van der Waals surface area contributed by atoms with E-state index in [1.165, 1.54) is 32.3 Å². The number of esters is 2. The normalized spacial score (nSPS) is 19.2. The number of benzene rings is 1. The number of carbonyl (C=O) groups is 2. The fourth-order valence-corrected chi connectivity index (χ4v) is 3.94. The van der Waals surface area contributed by atoms with Gasteiger partial charge in [0.15, 0.2) is 11.2 Å². The van der Waals surface area contributed by atoms with Gasteiger partial charge in [-0.2, -0.15) is 9.97 Å². The van der Waals surface area contributed by atoms with Gasteiger partial charge in [-0.15, -0.1) is 0 Å². The molecule has 1 aliphatic heterocycles. The lowest BCUT2D eigenvalue weighted by atomic mass is 10.1. The average molecular weight is 520 g/mol. The SMILES string of the molecule is CC(=O)OC[C@H]1O[C@@H](n2cnc3c(OCCc4ccc([N+](=O)[O-])cc4)nc(Cl)nc32)C[C@@H]1OC(C)=O. The van der Waals surface area contributed by atoms with E-state index in [9.17, 15) is 19.7 Å². The second-order valence-corrected chi connectivity index (χ2v) is 8.30. The van der Waals surface area contributed by atoms with Crippen LogP contribution < -0.4 is 4.74 Å². The molecule has 0 N–H and O–H groups in total. The smallest absolute Gasteiger partial charge is 0.303 e. The van der Waals surface area contributed by atoms with Crippen molar-refractivity contribution < 1.29 is 33.5 Å². The Labute approximate surface area is 209 Å². The van der Waals surface area contributed by atoms with Crippen molar-refractivity contribution in [1.29, 1.82) is 0 Å². The highest BCUT2D eigenvalue weighted by Gasteiger charge is 2.40. The van der Waals surface area contributed by atoms with Crippen molar-refractivity contribution in [2.75, 3.05) is 13.2 Å². The Kier molecular flexibility index (Phi) is 7.60. The first kappa shape index (κ1) is 25.3. The molecule has 0 spiro atoms. The summed E-state index contributed by atoms with van der Waals surface area (Å²) in [7, 11) is 0. The Morgan fingerprint density at radius 3 is 2.64 bits per heavy atom. The molecule has 3 aromatic rings. The van der Waals surface area contributed by atoms with Gasteiger partial charge in [0.05, 0.1) is 17.9 Å². The van der Waals surface area contributed by atoms with Gasteiger partial charge in [0.1, 0.15) is 25.0 Å². The summed E-state index contributed by atoms with van der Waals surface area (Å²) in [6.07, 6.45) is 0.292. The molecule has 13 nitrogen and oxygen atoms in total. The van der Waals surface area contributed by atoms with Crippen molar-refractivity contribution in [2.24, 2.45) is 0 Å². The molecule has 3 atom stereocenters. The second-order valence-electron chi connectivity index (χ2n) is 7.96. The summed E-state index contributed by atoms with van der Waals surface area (Å²) in [5.74, 6) is -0.801. The van der Waals surface area contributed by atoms with Gasteiger partial charge in [-0.25, -0.2) is 4.98 Å². The van der Waals surface area contributed by atoms with E-state index in [-0.39, 0.29) is 36.5 Å². The van der Waals surface area contributed by atoms with Crippen molar-refractivity contribution in [1.82, 2.24) is 19.5 Å². The molecule has 1 aromatic carbocycles. The van der Waals surface area contributed by atoms with E-state index >= 15 is 0 Å². The van der Waals surface area contributed by atoms with E-state index in [0.717, 1.165) is 5.56 Å². The molecule has 36 heavy (non-hydrogen) atoms. The van der Waals surface area contributed by atoms with Crippen LogP contribution in [0.4, 0.5) is 5.69 Å². The number of hydrogen-bond donors (Lipinski definition) is 0. The fourth-order valence-electron chi connectivity index (χ4n) is 3.78. The lowest BCUT2D eigenvalue weighted by molar-refractivity contribution is -0.384. The number of aromatic nitrogens is 4. The molecule has 1 saturated heterocycles. The van der Waals surface area contributed by atoms with Crippen LogP contribution in [0.15, 0.2) is 30.6 Å². The molecule has 0 amide bonds. The summed E-state index contributed by atoms with van der Waals surface area (Å²) < 4.78 is 23.8. The number of ether oxygens (including phenoxy) is 4. The van der Waals surface area contributed by atoms with E-state index in [2.05, 4.69) is 15.0 Å².